The molecule has 0 radical (unpaired) electrons. The SMILES string of the molecule is COc1cc(C)c(S(=O)(=O)N(C)CCC(=O)N(C)c2ccc(N3CCCC(N(C)C)CC3)cc2)c(C)c1. The third-order valence-corrected chi connectivity index (χ3v) is 9.55. The van der Waals surface area contributed by atoms with E-state index in [2.05, 4.69) is 36.0 Å². The number of anilines is 2. The highest BCUT2D eigenvalue weighted by Gasteiger charge is 2.26. The first-order valence-electron chi connectivity index (χ1n) is 12.8. The Morgan fingerprint density at radius 3 is 2.19 bits per heavy atom. The summed E-state index contributed by atoms with van der Waals surface area (Å²) in [5.41, 5.74) is 3.20. The summed E-state index contributed by atoms with van der Waals surface area (Å²) in [6.45, 7) is 5.66. The summed E-state index contributed by atoms with van der Waals surface area (Å²) in [5.74, 6) is 0.481. The molecule has 0 aromatic heterocycles. The normalized spacial score (nSPS) is 16.7. The van der Waals surface area contributed by atoms with Crippen molar-refractivity contribution < 1.29 is 17.9 Å². The lowest BCUT2D eigenvalue weighted by molar-refractivity contribution is -0.118. The molecule has 0 aliphatic carbocycles. The number of benzene rings is 2. The number of rotatable bonds is 9. The van der Waals surface area contributed by atoms with Crippen LogP contribution in [0.3, 0.4) is 0 Å². The summed E-state index contributed by atoms with van der Waals surface area (Å²) in [6.07, 6.45) is 3.59. The Hall–Kier alpha value is -2.62. The van der Waals surface area contributed by atoms with Crippen molar-refractivity contribution in [3.63, 3.8) is 0 Å². The van der Waals surface area contributed by atoms with E-state index in [4.69, 9.17) is 4.74 Å². The van der Waals surface area contributed by atoms with Crippen LogP contribution in [0.2, 0.25) is 0 Å². The average Bonchev–Trinajstić information content (AvgIpc) is 3.12. The Balaban J connectivity index is 1.61. The number of aryl methyl sites for hydroxylation is 2. The highest BCUT2D eigenvalue weighted by molar-refractivity contribution is 7.89. The Labute approximate surface area is 222 Å². The molecule has 1 unspecified atom stereocenters. The van der Waals surface area contributed by atoms with E-state index >= 15 is 0 Å². The lowest BCUT2D eigenvalue weighted by atomic mass is 10.1. The number of hydrogen-bond acceptors (Lipinski definition) is 6. The molecule has 1 saturated heterocycles. The number of hydrogen-bond donors (Lipinski definition) is 0. The molecular formula is C28H42N4O4S. The van der Waals surface area contributed by atoms with E-state index < -0.39 is 10.0 Å². The van der Waals surface area contributed by atoms with E-state index in [0.29, 0.717) is 22.9 Å². The summed E-state index contributed by atoms with van der Waals surface area (Å²) in [4.78, 5) is 19.5. The molecule has 2 aromatic carbocycles. The molecule has 1 heterocycles. The molecule has 204 valence electrons. The van der Waals surface area contributed by atoms with Crippen LogP contribution in [-0.2, 0) is 14.8 Å². The molecule has 1 aliphatic rings. The number of methoxy groups -OCH3 is 1. The van der Waals surface area contributed by atoms with Gasteiger partial charge in [-0.15, -0.1) is 0 Å². The van der Waals surface area contributed by atoms with Crippen LogP contribution in [0.5, 0.6) is 5.75 Å². The smallest absolute Gasteiger partial charge is 0.243 e. The van der Waals surface area contributed by atoms with Gasteiger partial charge in [0.25, 0.3) is 0 Å². The van der Waals surface area contributed by atoms with Gasteiger partial charge in [0.05, 0.1) is 12.0 Å². The van der Waals surface area contributed by atoms with E-state index in [1.54, 1.807) is 45.0 Å². The number of ether oxygens (including phenoxy) is 1. The zero-order valence-electron chi connectivity index (χ0n) is 23.3. The van der Waals surface area contributed by atoms with Gasteiger partial charge in [-0.25, -0.2) is 12.7 Å². The van der Waals surface area contributed by atoms with Crippen LogP contribution in [0.4, 0.5) is 11.4 Å². The molecule has 2 aromatic rings. The van der Waals surface area contributed by atoms with E-state index in [1.807, 2.05) is 12.1 Å². The van der Waals surface area contributed by atoms with Crippen LogP contribution in [0.25, 0.3) is 0 Å². The predicted molar refractivity (Wildman–Crippen MR) is 150 cm³/mol. The van der Waals surface area contributed by atoms with Crippen molar-refractivity contribution in [1.82, 2.24) is 9.21 Å². The second-order valence-electron chi connectivity index (χ2n) is 10.2. The van der Waals surface area contributed by atoms with Crippen molar-refractivity contribution in [2.75, 3.05) is 64.7 Å². The third-order valence-electron chi connectivity index (χ3n) is 7.38. The van der Waals surface area contributed by atoms with Crippen LogP contribution in [0, 0.1) is 13.8 Å². The number of amides is 1. The number of carbonyl (C=O) groups excluding carboxylic acids is 1. The molecule has 0 N–H and O–H groups in total. The van der Waals surface area contributed by atoms with Crippen LogP contribution < -0.4 is 14.5 Å². The molecule has 1 amide bonds. The second-order valence-corrected chi connectivity index (χ2v) is 12.2. The zero-order valence-corrected chi connectivity index (χ0v) is 24.1. The first kappa shape index (κ1) is 28.9. The Bertz CT molecular complexity index is 1160. The first-order chi connectivity index (χ1) is 17.4. The van der Waals surface area contributed by atoms with Crippen molar-refractivity contribution in [3.05, 3.63) is 47.5 Å². The van der Waals surface area contributed by atoms with E-state index in [9.17, 15) is 13.2 Å². The summed E-state index contributed by atoms with van der Waals surface area (Å²) < 4.78 is 33.0. The molecule has 3 rings (SSSR count). The summed E-state index contributed by atoms with van der Waals surface area (Å²) in [6, 6.07) is 12.1. The van der Waals surface area contributed by atoms with Crippen molar-refractivity contribution in [2.24, 2.45) is 0 Å². The Morgan fingerprint density at radius 2 is 1.62 bits per heavy atom. The largest absolute Gasteiger partial charge is 0.497 e. The molecule has 8 nitrogen and oxygen atoms in total. The topological polar surface area (TPSA) is 73.4 Å². The summed E-state index contributed by atoms with van der Waals surface area (Å²) >= 11 is 0. The number of carbonyl (C=O) groups is 1. The van der Waals surface area contributed by atoms with E-state index in [0.717, 1.165) is 31.6 Å². The minimum Gasteiger partial charge on any atom is -0.497 e. The predicted octanol–water partition coefficient (Wildman–Crippen LogP) is 3.91. The van der Waals surface area contributed by atoms with Gasteiger partial charge in [0.1, 0.15) is 5.75 Å². The highest BCUT2D eigenvalue weighted by Crippen LogP contribution is 2.28. The average molecular weight is 531 g/mol. The van der Waals surface area contributed by atoms with Gasteiger partial charge in [-0.2, -0.15) is 0 Å². The van der Waals surface area contributed by atoms with E-state index in [1.165, 1.54) is 23.5 Å². The lowest BCUT2D eigenvalue weighted by Gasteiger charge is -2.26. The van der Waals surface area contributed by atoms with Gasteiger partial charge >= 0.3 is 0 Å². The van der Waals surface area contributed by atoms with Crippen LogP contribution in [-0.4, -0.2) is 84.5 Å². The van der Waals surface area contributed by atoms with Crippen molar-refractivity contribution in [3.8, 4) is 5.75 Å². The maximum Gasteiger partial charge on any atom is 0.243 e. The highest BCUT2D eigenvalue weighted by atomic mass is 32.2. The van der Waals surface area contributed by atoms with Gasteiger partial charge in [0, 0.05) is 57.6 Å². The van der Waals surface area contributed by atoms with Crippen LogP contribution in [0.15, 0.2) is 41.3 Å². The molecular weight excluding hydrogens is 488 g/mol. The van der Waals surface area contributed by atoms with Crippen LogP contribution >= 0.6 is 0 Å². The first-order valence-corrected chi connectivity index (χ1v) is 14.3. The Kier molecular flexibility index (Phi) is 9.61. The fourth-order valence-corrected chi connectivity index (χ4v) is 6.59. The third kappa shape index (κ3) is 6.83. The van der Waals surface area contributed by atoms with Crippen molar-refractivity contribution in [1.29, 1.82) is 0 Å². The monoisotopic (exact) mass is 530 g/mol. The number of nitrogens with zero attached hydrogens (tertiary/aromatic N) is 4. The van der Waals surface area contributed by atoms with Gasteiger partial charge in [-0.3, -0.25) is 4.79 Å². The molecule has 9 heteroatoms. The van der Waals surface area contributed by atoms with Crippen molar-refractivity contribution in [2.45, 2.75) is 50.5 Å². The number of sulfonamides is 1. The van der Waals surface area contributed by atoms with E-state index in [-0.39, 0.29) is 23.8 Å². The summed E-state index contributed by atoms with van der Waals surface area (Å²) in [5, 5.41) is 0. The lowest BCUT2D eigenvalue weighted by Crippen LogP contribution is -2.34. The molecule has 1 aliphatic heterocycles. The Morgan fingerprint density at radius 1 is 1.00 bits per heavy atom. The molecule has 1 fully saturated rings. The van der Waals surface area contributed by atoms with Gasteiger partial charge in [0.2, 0.25) is 15.9 Å². The zero-order chi connectivity index (χ0) is 27.3. The molecule has 0 bridgehead atoms. The molecule has 1 atom stereocenters. The quantitative estimate of drug-likeness (QED) is 0.490. The van der Waals surface area contributed by atoms with Gasteiger partial charge in [0.15, 0.2) is 0 Å². The standard InChI is InChI=1S/C28H42N4O4S/c1-21-19-26(36-7)20-22(2)28(21)37(34,35)30(5)17-15-27(33)31(6)24-10-12-25(13-11-24)32-16-8-9-23(14-18-32)29(3)4/h10-13,19-20,23H,8-9,14-18H2,1-7H3. The van der Waals surface area contributed by atoms with Crippen LogP contribution in [0.1, 0.15) is 36.8 Å². The minimum atomic E-state index is -3.74. The van der Waals surface area contributed by atoms with Gasteiger partial charge in [-0.1, -0.05) is 0 Å². The maximum absolute atomic E-state index is 13.2. The summed E-state index contributed by atoms with van der Waals surface area (Å²) in [7, 11) is 5.36. The van der Waals surface area contributed by atoms with Gasteiger partial charge in [-0.05, 0) is 94.7 Å². The fraction of sp³-hybridized carbons (Fsp3) is 0.536. The molecule has 37 heavy (non-hydrogen) atoms. The minimum absolute atomic E-state index is 0.0836. The fourth-order valence-electron chi connectivity index (χ4n) is 5.02. The second kappa shape index (κ2) is 12.3. The molecule has 0 saturated carbocycles. The van der Waals surface area contributed by atoms with Crippen molar-refractivity contribution >= 4 is 27.3 Å². The maximum atomic E-state index is 13.2. The molecule has 0 spiro atoms. The van der Waals surface area contributed by atoms with Gasteiger partial charge < -0.3 is 19.4 Å².